The van der Waals surface area contributed by atoms with Crippen LogP contribution < -0.4 is 0 Å². The Morgan fingerprint density at radius 2 is 0.956 bits per heavy atom. The molecule has 0 unspecified atom stereocenters. The molecule has 4 aromatic carbocycles. The summed E-state index contributed by atoms with van der Waals surface area (Å²) in [5.74, 6) is 0.318. The molecule has 230 valence electrons. The third-order valence-corrected chi connectivity index (χ3v) is 9.49. The van der Waals surface area contributed by atoms with Crippen molar-refractivity contribution in [3.8, 4) is 34.0 Å². The summed E-state index contributed by atoms with van der Waals surface area (Å²) in [5, 5.41) is 25.3. The minimum absolute atomic E-state index is 0. The van der Waals surface area contributed by atoms with Crippen molar-refractivity contribution in [2.45, 2.75) is 0 Å². The standard InChI is InChI=1S/2C16H10Br2N2OS.Ni/c2*17-12-6-11(15(21)13(18)7-12)8-19-16-20-14(9-22-16)10-4-2-1-3-5-10;/h2*1-9,21H;/b2*19-8+;. The molecule has 6 rings (SSSR count). The van der Waals surface area contributed by atoms with Crippen molar-refractivity contribution in [3.63, 3.8) is 0 Å². The normalized spacial score (nSPS) is 10.9. The van der Waals surface area contributed by atoms with E-state index in [-0.39, 0.29) is 28.0 Å². The monoisotopic (exact) mass is 930 g/mol. The van der Waals surface area contributed by atoms with Gasteiger partial charge < -0.3 is 10.2 Å². The second kappa shape index (κ2) is 16.9. The SMILES string of the molecule is Oc1c(Br)cc(Br)cc1/C=N/c1nc(-c2ccccc2)cs1.Oc1c(Br)cc(Br)cc1/C=N/c1nc(-c2ccccc2)cs1.[Ni]. The molecule has 2 aromatic heterocycles. The Balaban J connectivity index is 0.000000200. The summed E-state index contributed by atoms with van der Waals surface area (Å²) in [6.07, 6.45) is 3.22. The fourth-order valence-electron chi connectivity index (χ4n) is 3.75. The molecule has 0 atom stereocenters. The maximum absolute atomic E-state index is 10.0. The predicted octanol–water partition coefficient (Wildman–Crippen LogP) is 11.6. The predicted molar refractivity (Wildman–Crippen MR) is 197 cm³/mol. The molecule has 0 saturated carbocycles. The molecule has 45 heavy (non-hydrogen) atoms. The molecule has 0 fully saturated rings. The van der Waals surface area contributed by atoms with Crippen LogP contribution in [-0.2, 0) is 16.5 Å². The van der Waals surface area contributed by atoms with Crippen LogP contribution in [0.3, 0.4) is 0 Å². The fraction of sp³-hybridized carbons (Fsp3) is 0. The van der Waals surface area contributed by atoms with Gasteiger partial charge in [-0.2, -0.15) is 0 Å². The summed E-state index contributed by atoms with van der Waals surface area (Å²) in [6.45, 7) is 0. The molecule has 2 N–H and O–H groups in total. The number of aromatic hydroxyl groups is 2. The zero-order valence-corrected chi connectivity index (χ0v) is 31.7. The molecular formula is C32H20Br4N4NiO2S2. The van der Waals surface area contributed by atoms with Crippen LogP contribution in [0.2, 0.25) is 0 Å². The third kappa shape index (κ3) is 9.75. The van der Waals surface area contributed by atoms with Gasteiger partial charge in [0.05, 0.1) is 20.3 Å². The molecule has 13 heteroatoms. The van der Waals surface area contributed by atoms with Crippen LogP contribution in [0.15, 0.2) is 124 Å². The van der Waals surface area contributed by atoms with Crippen molar-refractivity contribution in [2.24, 2.45) is 9.98 Å². The van der Waals surface area contributed by atoms with E-state index >= 15 is 0 Å². The number of halogens is 4. The van der Waals surface area contributed by atoms with Gasteiger partial charge in [0.15, 0.2) is 0 Å². The second-order valence-electron chi connectivity index (χ2n) is 8.93. The molecule has 0 aliphatic rings. The number of aromatic nitrogens is 2. The Bertz CT molecular complexity index is 1810. The second-order valence-corrected chi connectivity index (χ2v) is 14.1. The van der Waals surface area contributed by atoms with Gasteiger partial charge in [-0.25, -0.2) is 20.0 Å². The molecule has 6 aromatic rings. The minimum Gasteiger partial charge on any atom is -0.506 e. The average molecular weight is 935 g/mol. The first-order valence-corrected chi connectivity index (χ1v) is 17.7. The molecule has 0 radical (unpaired) electrons. The number of benzene rings is 4. The summed E-state index contributed by atoms with van der Waals surface area (Å²) in [6, 6.07) is 27.1. The number of aliphatic imine (C=N–C) groups is 2. The van der Waals surface area contributed by atoms with Gasteiger partial charge in [0.2, 0.25) is 10.3 Å². The van der Waals surface area contributed by atoms with E-state index in [2.05, 4.69) is 83.7 Å². The van der Waals surface area contributed by atoms with Crippen molar-refractivity contribution in [2.75, 3.05) is 0 Å². The van der Waals surface area contributed by atoms with Gasteiger partial charge in [-0.15, -0.1) is 22.7 Å². The Labute approximate surface area is 311 Å². The minimum atomic E-state index is 0. The maximum Gasteiger partial charge on any atom is 0.209 e. The van der Waals surface area contributed by atoms with Crippen LogP contribution in [0.25, 0.3) is 22.5 Å². The van der Waals surface area contributed by atoms with E-state index in [0.29, 0.717) is 30.3 Å². The number of thiazole rings is 2. The van der Waals surface area contributed by atoms with E-state index in [1.54, 1.807) is 36.7 Å². The molecule has 0 amide bonds. The number of nitrogens with zero attached hydrogens (tertiary/aromatic N) is 4. The summed E-state index contributed by atoms with van der Waals surface area (Å²) in [5.41, 5.74) is 5.17. The Kier molecular flexibility index (Phi) is 13.3. The maximum atomic E-state index is 10.0. The molecule has 0 aliphatic carbocycles. The van der Waals surface area contributed by atoms with Crippen LogP contribution in [0.5, 0.6) is 11.5 Å². The van der Waals surface area contributed by atoms with E-state index in [0.717, 1.165) is 31.5 Å². The van der Waals surface area contributed by atoms with Crippen LogP contribution in [0.1, 0.15) is 11.1 Å². The van der Waals surface area contributed by atoms with Crippen molar-refractivity contribution < 1.29 is 26.7 Å². The largest absolute Gasteiger partial charge is 0.506 e. The molecule has 0 saturated heterocycles. The van der Waals surface area contributed by atoms with E-state index < -0.39 is 0 Å². The van der Waals surface area contributed by atoms with Crippen molar-refractivity contribution >= 4 is 109 Å². The number of hydrogen-bond donors (Lipinski definition) is 2. The van der Waals surface area contributed by atoms with Gasteiger partial charge in [0.1, 0.15) is 11.5 Å². The van der Waals surface area contributed by atoms with Gasteiger partial charge in [-0.3, -0.25) is 0 Å². The van der Waals surface area contributed by atoms with Crippen LogP contribution in [-0.4, -0.2) is 32.6 Å². The molecule has 0 spiro atoms. The average Bonchev–Trinajstić information content (AvgIpc) is 3.71. The summed E-state index contributed by atoms with van der Waals surface area (Å²) in [4.78, 5) is 17.7. The van der Waals surface area contributed by atoms with Gasteiger partial charge >= 0.3 is 0 Å². The molecule has 0 bridgehead atoms. The van der Waals surface area contributed by atoms with E-state index in [1.165, 1.54) is 22.7 Å². The molecule has 2 heterocycles. The van der Waals surface area contributed by atoms with Gasteiger partial charge in [-0.1, -0.05) is 92.5 Å². The summed E-state index contributed by atoms with van der Waals surface area (Å²) < 4.78 is 2.96. The van der Waals surface area contributed by atoms with Crippen LogP contribution >= 0.6 is 86.4 Å². The number of rotatable bonds is 6. The number of phenolic OH excluding ortho intramolecular Hbond substituents is 2. The van der Waals surface area contributed by atoms with Gasteiger partial charge in [-0.05, 0) is 56.1 Å². The van der Waals surface area contributed by atoms with Crippen molar-refractivity contribution in [1.82, 2.24) is 9.97 Å². The molecule has 6 nitrogen and oxygen atoms in total. The fourth-order valence-corrected chi connectivity index (χ4v) is 7.61. The van der Waals surface area contributed by atoms with E-state index in [9.17, 15) is 10.2 Å². The third-order valence-electron chi connectivity index (χ3n) is 5.87. The van der Waals surface area contributed by atoms with Crippen molar-refractivity contribution in [3.05, 3.63) is 125 Å². The molecule has 0 aliphatic heterocycles. The Hall–Kier alpha value is -2.51. The van der Waals surface area contributed by atoms with E-state index in [1.807, 2.05) is 71.4 Å². The van der Waals surface area contributed by atoms with E-state index in [4.69, 9.17) is 0 Å². The summed E-state index contributed by atoms with van der Waals surface area (Å²) >= 11 is 16.3. The Morgan fingerprint density at radius 1 is 0.578 bits per heavy atom. The number of phenols is 2. The first-order chi connectivity index (χ1) is 21.3. The Morgan fingerprint density at radius 3 is 1.33 bits per heavy atom. The molecular weight excluding hydrogens is 915 g/mol. The first kappa shape index (κ1) is 35.3. The smallest absolute Gasteiger partial charge is 0.209 e. The quantitative estimate of drug-likeness (QED) is 0.129. The zero-order chi connectivity index (χ0) is 31.1. The van der Waals surface area contributed by atoms with Crippen molar-refractivity contribution in [1.29, 1.82) is 0 Å². The van der Waals surface area contributed by atoms with Crippen LogP contribution in [0.4, 0.5) is 10.3 Å². The summed E-state index contributed by atoms with van der Waals surface area (Å²) in [7, 11) is 0. The first-order valence-electron chi connectivity index (χ1n) is 12.7. The van der Waals surface area contributed by atoms with Gasteiger partial charge in [0.25, 0.3) is 0 Å². The number of hydrogen-bond acceptors (Lipinski definition) is 8. The topological polar surface area (TPSA) is 91.0 Å². The van der Waals surface area contributed by atoms with Gasteiger partial charge in [0, 0.05) is 70.9 Å². The van der Waals surface area contributed by atoms with Crippen LogP contribution in [0, 0.1) is 0 Å². The zero-order valence-electron chi connectivity index (χ0n) is 22.7.